The van der Waals surface area contributed by atoms with Crippen LogP contribution in [0.15, 0.2) is 52.0 Å². The van der Waals surface area contributed by atoms with Crippen molar-refractivity contribution in [3.8, 4) is 0 Å². The number of benzene rings is 1. The first-order valence-electron chi connectivity index (χ1n) is 6.48. The fourth-order valence-electron chi connectivity index (χ4n) is 2.08. The smallest absolute Gasteiger partial charge is 0.266 e. The van der Waals surface area contributed by atoms with Crippen LogP contribution < -0.4 is 0 Å². The van der Waals surface area contributed by atoms with Gasteiger partial charge in [-0.1, -0.05) is 48.2 Å². The number of hydrogen-bond donors (Lipinski definition) is 0. The standard InChI is InChI=1S/C16H13NO2S2/c1-11-5-2-3-6-12(11)9-14-15(18)17(16(20)21-14)10-13-7-4-8-19-13/h2-9H,10H2,1H3/b14-9-. The minimum Gasteiger partial charge on any atom is -0.467 e. The second kappa shape index (κ2) is 5.87. The van der Waals surface area contributed by atoms with Crippen LogP contribution in [-0.4, -0.2) is 15.1 Å². The molecule has 0 N–H and O–H groups in total. The summed E-state index contributed by atoms with van der Waals surface area (Å²) in [6.45, 7) is 2.40. The van der Waals surface area contributed by atoms with E-state index in [1.807, 2.05) is 43.3 Å². The van der Waals surface area contributed by atoms with Gasteiger partial charge in [-0.25, -0.2) is 0 Å². The highest BCUT2D eigenvalue weighted by atomic mass is 32.2. The molecule has 1 amide bonds. The molecule has 1 saturated heterocycles. The van der Waals surface area contributed by atoms with Gasteiger partial charge < -0.3 is 4.42 Å². The summed E-state index contributed by atoms with van der Waals surface area (Å²) in [7, 11) is 0. The molecular formula is C16H13NO2S2. The molecule has 106 valence electrons. The van der Waals surface area contributed by atoms with E-state index in [2.05, 4.69) is 0 Å². The first-order chi connectivity index (χ1) is 10.1. The van der Waals surface area contributed by atoms with Gasteiger partial charge in [-0.15, -0.1) is 0 Å². The number of amides is 1. The highest BCUT2D eigenvalue weighted by Gasteiger charge is 2.32. The largest absolute Gasteiger partial charge is 0.467 e. The summed E-state index contributed by atoms with van der Waals surface area (Å²) in [4.78, 5) is 14.7. The number of nitrogens with zero attached hydrogens (tertiary/aromatic N) is 1. The Hall–Kier alpha value is -1.85. The van der Waals surface area contributed by atoms with Gasteiger partial charge in [0.1, 0.15) is 10.1 Å². The van der Waals surface area contributed by atoms with Gasteiger partial charge in [0.2, 0.25) is 0 Å². The van der Waals surface area contributed by atoms with Crippen LogP contribution in [-0.2, 0) is 11.3 Å². The predicted molar refractivity (Wildman–Crippen MR) is 88.6 cm³/mol. The van der Waals surface area contributed by atoms with Gasteiger partial charge in [-0.3, -0.25) is 9.69 Å². The van der Waals surface area contributed by atoms with Crippen molar-refractivity contribution in [2.75, 3.05) is 0 Å². The van der Waals surface area contributed by atoms with Gasteiger partial charge in [0.15, 0.2) is 0 Å². The van der Waals surface area contributed by atoms with Gasteiger partial charge in [0.05, 0.1) is 17.7 Å². The van der Waals surface area contributed by atoms with Crippen LogP contribution in [0.2, 0.25) is 0 Å². The number of rotatable bonds is 3. The molecule has 0 spiro atoms. The highest BCUT2D eigenvalue weighted by Crippen LogP contribution is 2.34. The van der Waals surface area contributed by atoms with E-state index in [1.165, 1.54) is 11.8 Å². The van der Waals surface area contributed by atoms with Gasteiger partial charge in [-0.2, -0.15) is 0 Å². The Bertz CT molecular complexity index is 720. The zero-order valence-corrected chi connectivity index (χ0v) is 13.0. The molecule has 0 aliphatic carbocycles. The molecular weight excluding hydrogens is 302 g/mol. The van der Waals surface area contributed by atoms with Crippen LogP contribution in [0.1, 0.15) is 16.9 Å². The Morgan fingerprint density at radius 2 is 2.10 bits per heavy atom. The summed E-state index contributed by atoms with van der Waals surface area (Å²) >= 11 is 6.64. The van der Waals surface area contributed by atoms with E-state index >= 15 is 0 Å². The third-order valence-electron chi connectivity index (χ3n) is 3.24. The van der Waals surface area contributed by atoms with Crippen LogP contribution in [0.25, 0.3) is 6.08 Å². The lowest BCUT2D eigenvalue weighted by atomic mass is 10.1. The zero-order valence-electron chi connectivity index (χ0n) is 11.4. The first kappa shape index (κ1) is 14.1. The van der Waals surface area contributed by atoms with Crippen molar-refractivity contribution in [3.05, 3.63) is 64.5 Å². The van der Waals surface area contributed by atoms with E-state index in [9.17, 15) is 4.79 Å². The second-order valence-electron chi connectivity index (χ2n) is 4.70. The van der Waals surface area contributed by atoms with Crippen molar-refractivity contribution in [2.45, 2.75) is 13.5 Å². The maximum atomic E-state index is 12.5. The Kier molecular flexibility index (Phi) is 3.94. The lowest BCUT2D eigenvalue weighted by Gasteiger charge is -2.12. The van der Waals surface area contributed by atoms with E-state index < -0.39 is 0 Å². The number of carbonyl (C=O) groups is 1. The number of hydrogen-bond acceptors (Lipinski definition) is 4. The molecule has 1 aliphatic rings. The van der Waals surface area contributed by atoms with Crippen LogP contribution in [0.4, 0.5) is 0 Å². The third kappa shape index (κ3) is 2.94. The number of furan rings is 1. The van der Waals surface area contributed by atoms with Crippen molar-refractivity contribution in [3.63, 3.8) is 0 Å². The number of thioether (sulfide) groups is 1. The topological polar surface area (TPSA) is 33.5 Å². The van der Waals surface area contributed by atoms with Crippen LogP contribution in [0.3, 0.4) is 0 Å². The van der Waals surface area contributed by atoms with E-state index in [1.54, 1.807) is 17.2 Å². The van der Waals surface area contributed by atoms with Crippen molar-refractivity contribution >= 4 is 40.3 Å². The molecule has 21 heavy (non-hydrogen) atoms. The van der Waals surface area contributed by atoms with Crippen LogP contribution in [0.5, 0.6) is 0 Å². The molecule has 0 bridgehead atoms. The molecule has 3 nitrogen and oxygen atoms in total. The second-order valence-corrected chi connectivity index (χ2v) is 6.38. The SMILES string of the molecule is Cc1ccccc1/C=C1\SC(=S)N(Cc2ccco2)C1=O. The molecule has 2 heterocycles. The van der Waals surface area contributed by atoms with E-state index in [0.29, 0.717) is 15.8 Å². The summed E-state index contributed by atoms with van der Waals surface area (Å²) in [6, 6.07) is 11.6. The third-order valence-corrected chi connectivity index (χ3v) is 4.62. The summed E-state index contributed by atoms with van der Waals surface area (Å²) in [5.41, 5.74) is 2.17. The van der Waals surface area contributed by atoms with Gasteiger partial charge in [0.25, 0.3) is 5.91 Å². The lowest BCUT2D eigenvalue weighted by Crippen LogP contribution is -2.27. The molecule has 1 aliphatic heterocycles. The minimum absolute atomic E-state index is 0.0651. The molecule has 0 radical (unpaired) electrons. The normalized spacial score (nSPS) is 17.0. The Morgan fingerprint density at radius 3 is 2.81 bits per heavy atom. The maximum absolute atomic E-state index is 12.5. The lowest BCUT2D eigenvalue weighted by molar-refractivity contribution is -0.122. The highest BCUT2D eigenvalue weighted by molar-refractivity contribution is 8.26. The average molecular weight is 315 g/mol. The van der Waals surface area contributed by atoms with Crippen molar-refractivity contribution in [1.82, 2.24) is 4.90 Å². The van der Waals surface area contributed by atoms with Crippen molar-refractivity contribution in [1.29, 1.82) is 0 Å². The molecule has 1 fully saturated rings. The monoisotopic (exact) mass is 315 g/mol. The van der Waals surface area contributed by atoms with Gasteiger partial charge in [0, 0.05) is 0 Å². The predicted octanol–water partition coefficient (Wildman–Crippen LogP) is 3.99. The minimum atomic E-state index is -0.0651. The van der Waals surface area contributed by atoms with Crippen molar-refractivity contribution < 1.29 is 9.21 Å². The Balaban J connectivity index is 1.85. The number of carbonyl (C=O) groups excluding carboxylic acids is 1. The fourth-order valence-corrected chi connectivity index (χ4v) is 3.33. The fraction of sp³-hybridized carbons (Fsp3) is 0.125. The zero-order chi connectivity index (χ0) is 14.8. The van der Waals surface area contributed by atoms with Crippen molar-refractivity contribution in [2.24, 2.45) is 0 Å². The van der Waals surface area contributed by atoms with E-state index in [-0.39, 0.29) is 5.91 Å². The molecule has 2 aromatic rings. The Morgan fingerprint density at radius 1 is 1.29 bits per heavy atom. The maximum Gasteiger partial charge on any atom is 0.266 e. The Labute approximate surface area is 132 Å². The van der Waals surface area contributed by atoms with Crippen LogP contribution >= 0.6 is 24.0 Å². The number of aryl methyl sites for hydroxylation is 1. The van der Waals surface area contributed by atoms with Gasteiger partial charge in [-0.05, 0) is 36.3 Å². The molecule has 0 atom stereocenters. The number of thiocarbonyl (C=S) groups is 1. The first-order valence-corrected chi connectivity index (χ1v) is 7.71. The quantitative estimate of drug-likeness (QED) is 0.633. The summed E-state index contributed by atoms with van der Waals surface area (Å²) in [5.74, 6) is 0.660. The van der Waals surface area contributed by atoms with E-state index in [4.69, 9.17) is 16.6 Å². The molecule has 0 saturated carbocycles. The molecule has 5 heteroatoms. The summed E-state index contributed by atoms with van der Waals surface area (Å²) in [6.07, 6.45) is 3.49. The summed E-state index contributed by atoms with van der Waals surface area (Å²) in [5, 5.41) is 0. The molecule has 1 aromatic heterocycles. The molecule has 1 aromatic carbocycles. The average Bonchev–Trinajstić information content (AvgIpc) is 3.06. The van der Waals surface area contributed by atoms with E-state index in [0.717, 1.165) is 16.9 Å². The molecule has 0 unspecified atom stereocenters. The molecule has 3 rings (SSSR count). The van der Waals surface area contributed by atoms with Crippen LogP contribution in [0, 0.1) is 6.92 Å². The van der Waals surface area contributed by atoms with Gasteiger partial charge >= 0.3 is 0 Å². The summed E-state index contributed by atoms with van der Waals surface area (Å²) < 4.78 is 5.85.